The maximum absolute atomic E-state index is 14.4. The molecule has 3 aromatic carbocycles. The zero-order valence-corrected chi connectivity index (χ0v) is 17.5. The van der Waals surface area contributed by atoms with E-state index in [4.69, 9.17) is 0 Å². The van der Waals surface area contributed by atoms with Gasteiger partial charge in [0.25, 0.3) is 0 Å². The Morgan fingerprint density at radius 2 is 1.67 bits per heavy atom. The molecule has 30 heavy (non-hydrogen) atoms. The summed E-state index contributed by atoms with van der Waals surface area (Å²) >= 11 is 0. The first-order valence-electron chi connectivity index (χ1n) is 9.85. The lowest BCUT2D eigenvalue weighted by Gasteiger charge is -2.30. The molecule has 1 unspecified atom stereocenters. The van der Waals surface area contributed by atoms with E-state index >= 15 is 0 Å². The second-order valence-corrected chi connectivity index (χ2v) is 10.1. The molecule has 3 nitrogen and oxygen atoms in total. The van der Waals surface area contributed by atoms with Crippen LogP contribution >= 0.6 is 0 Å². The number of likely N-dealkylation sites (tertiary alicyclic amines) is 1. The van der Waals surface area contributed by atoms with Gasteiger partial charge < -0.3 is 0 Å². The monoisotopic (exact) mass is 427 g/mol. The Labute approximate surface area is 175 Å². The van der Waals surface area contributed by atoms with E-state index in [-0.39, 0.29) is 11.4 Å². The Morgan fingerprint density at radius 3 is 2.33 bits per heavy atom. The third-order valence-corrected chi connectivity index (χ3v) is 8.39. The zero-order chi connectivity index (χ0) is 21.4. The summed E-state index contributed by atoms with van der Waals surface area (Å²) in [7, 11) is -3.90. The Kier molecular flexibility index (Phi) is 5.47. The van der Waals surface area contributed by atoms with Crippen molar-refractivity contribution < 1.29 is 17.2 Å². The normalized spacial score (nSPS) is 19.8. The van der Waals surface area contributed by atoms with Gasteiger partial charge in [0.05, 0.1) is 4.90 Å². The fraction of sp³-hybridized carbons (Fsp3) is 0.250. The predicted octanol–water partition coefficient (Wildman–Crippen LogP) is 4.85. The van der Waals surface area contributed by atoms with Crippen molar-refractivity contribution in [1.29, 1.82) is 0 Å². The molecule has 0 amide bonds. The lowest BCUT2D eigenvalue weighted by atomic mass is 9.96. The first-order valence-corrected chi connectivity index (χ1v) is 11.3. The summed E-state index contributed by atoms with van der Waals surface area (Å²) in [6, 6.07) is 19.4. The fourth-order valence-corrected chi connectivity index (χ4v) is 6.26. The van der Waals surface area contributed by atoms with Crippen LogP contribution < -0.4 is 0 Å². The summed E-state index contributed by atoms with van der Waals surface area (Å²) in [5, 5.41) is 0. The lowest BCUT2D eigenvalue weighted by Crippen LogP contribution is -2.39. The summed E-state index contributed by atoms with van der Waals surface area (Å²) in [6.45, 7) is 3.06. The molecule has 156 valence electrons. The molecule has 0 aliphatic carbocycles. The van der Waals surface area contributed by atoms with Gasteiger partial charge in [0, 0.05) is 19.6 Å². The van der Waals surface area contributed by atoms with Crippen LogP contribution in [0.2, 0.25) is 0 Å². The topological polar surface area (TPSA) is 37.4 Å². The van der Waals surface area contributed by atoms with E-state index in [2.05, 4.69) is 4.90 Å². The molecule has 1 atom stereocenters. The molecular weight excluding hydrogens is 404 g/mol. The van der Waals surface area contributed by atoms with Crippen LogP contribution in [0.4, 0.5) is 8.78 Å². The standard InChI is InChI=1S/C24H23F2NO2S/c1-18-7-8-20(15-23(18)26)24(30(28,29)22-11-9-21(25)10-12-22)13-14-27(17-24)16-19-5-3-2-4-6-19/h2-12,15H,13-14,16-17H2,1H3. The molecule has 0 radical (unpaired) electrons. The second-order valence-electron chi connectivity index (χ2n) is 7.86. The van der Waals surface area contributed by atoms with Gasteiger partial charge in [-0.3, -0.25) is 4.90 Å². The summed E-state index contributed by atoms with van der Waals surface area (Å²) in [5.41, 5.74) is 1.99. The highest BCUT2D eigenvalue weighted by Crippen LogP contribution is 2.44. The van der Waals surface area contributed by atoms with Crippen LogP contribution in [0.15, 0.2) is 77.7 Å². The van der Waals surface area contributed by atoms with Gasteiger partial charge >= 0.3 is 0 Å². The highest BCUT2D eigenvalue weighted by atomic mass is 32.2. The minimum absolute atomic E-state index is 0.0476. The maximum Gasteiger partial charge on any atom is 0.189 e. The first-order chi connectivity index (χ1) is 14.3. The smallest absolute Gasteiger partial charge is 0.189 e. The number of benzene rings is 3. The minimum atomic E-state index is -3.90. The van der Waals surface area contributed by atoms with Crippen LogP contribution in [0.25, 0.3) is 0 Å². The number of hydrogen-bond donors (Lipinski definition) is 0. The molecule has 3 aromatic rings. The molecule has 0 aromatic heterocycles. The molecule has 0 bridgehead atoms. The van der Waals surface area contributed by atoms with Crippen LogP contribution in [0.5, 0.6) is 0 Å². The van der Waals surface area contributed by atoms with Crippen molar-refractivity contribution in [3.05, 3.63) is 101 Å². The molecule has 0 saturated carbocycles. The van der Waals surface area contributed by atoms with E-state index in [1.165, 1.54) is 18.2 Å². The van der Waals surface area contributed by atoms with E-state index < -0.39 is 26.2 Å². The molecule has 1 aliphatic heterocycles. The second kappa shape index (κ2) is 7.93. The van der Waals surface area contributed by atoms with Crippen LogP contribution in [0.3, 0.4) is 0 Å². The van der Waals surface area contributed by atoms with E-state index in [1.807, 2.05) is 30.3 Å². The quantitative estimate of drug-likeness (QED) is 0.547. The number of aryl methyl sites for hydroxylation is 1. The first kappa shape index (κ1) is 20.7. The van der Waals surface area contributed by atoms with Crippen molar-refractivity contribution in [1.82, 2.24) is 4.90 Å². The van der Waals surface area contributed by atoms with Crippen molar-refractivity contribution in [2.45, 2.75) is 29.5 Å². The average Bonchev–Trinajstić information content (AvgIpc) is 3.17. The van der Waals surface area contributed by atoms with Gasteiger partial charge in [-0.05, 0) is 60.4 Å². The number of sulfone groups is 1. The predicted molar refractivity (Wildman–Crippen MR) is 113 cm³/mol. The van der Waals surface area contributed by atoms with Crippen LogP contribution in [0.1, 0.15) is 23.1 Å². The Bertz CT molecular complexity index is 1150. The minimum Gasteiger partial charge on any atom is -0.297 e. The lowest BCUT2D eigenvalue weighted by molar-refractivity contribution is 0.320. The molecular formula is C24H23F2NO2S. The van der Waals surface area contributed by atoms with Crippen molar-refractivity contribution in [3.63, 3.8) is 0 Å². The zero-order valence-electron chi connectivity index (χ0n) is 16.7. The van der Waals surface area contributed by atoms with E-state index in [0.29, 0.717) is 30.6 Å². The molecule has 0 spiro atoms. The van der Waals surface area contributed by atoms with Gasteiger partial charge in [-0.2, -0.15) is 0 Å². The van der Waals surface area contributed by atoms with Gasteiger partial charge in [0.1, 0.15) is 16.4 Å². The van der Waals surface area contributed by atoms with Gasteiger partial charge in [-0.25, -0.2) is 17.2 Å². The largest absolute Gasteiger partial charge is 0.297 e. The number of halogens is 2. The summed E-state index contributed by atoms with van der Waals surface area (Å²) in [5.74, 6) is -0.927. The van der Waals surface area contributed by atoms with Gasteiger partial charge in [-0.1, -0.05) is 42.5 Å². The highest BCUT2D eigenvalue weighted by Gasteiger charge is 2.51. The number of hydrogen-bond acceptors (Lipinski definition) is 3. The van der Waals surface area contributed by atoms with Crippen molar-refractivity contribution in [3.8, 4) is 0 Å². The van der Waals surface area contributed by atoms with Gasteiger partial charge in [-0.15, -0.1) is 0 Å². The summed E-state index contributed by atoms with van der Waals surface area (Å²) in [4.78, 5) is 2.13. The average molecular weight is 428 g/mol. The molecule has 1 saturated heterocycles. The van der Waals surface area contributed by atoms with Crippen LogP contribution in [0, 0.1) is 18.6 Å². The molecule has 1 fully saturated rings. The maximum atomic E-state index is 14.4. The molecule has 0 N–H and O–H groups in total. The van der Waals surface area contributed by atoms with Crippen molar-refractivity contribution >= 4 is 9.84 Å². The SMILES string of the molecule is Cc1ccc(C2(S(=O)(=O)c3ccc(F)cc3)CCN(Cc3ccccc3)C2)cc1F. The Hall–Kier alpha value is -2.57. The van der Waals surface area contributed by atoms with Gasteiger partial charge in [0.2, 0.25) is 0 Å². The highest BCUT2D eigenvalue weighted by molar-refractivity contribution is 7.92. The van der Waals surface area contributed by atoms with Crippen LogP contribution in [-0.4, -0.2) is 26.4 Å². The third kappa shape index (κ3) is 3.66. The molecule has 6 heteroatoms. The summed E-state index contributed by atoms with van der Waals surface area (Å²) < 4.78 is 54.1. The summed E-state index contributed by atoms with van der Waals surface area (Å²) in [6.07, 6.45) is 0.335. The van der Waals surface area contributed by atoms with Gasteiger partial charge in [0.15, 0.2) is 9.84 Å². The number of rotatable bonds is 5. The van der Waals surface area contributed by atoms with E-state index in [1.54, 1.807) is 19.1 Å². The Morgan fingerprint density at radius 1 is 0.967 bits per heavy atom. The van der Waals surface area contributed by atoms with Crippen molar-refractivity contribution in [2.24, 2.45) is 0 Å². The molecule has 1 heterocycles. The van der Waals surface area contributed by atoms with E-state index in [9.17, 15) is 17.2 Å². The van der Waals surface area contributed by atoms with Crippen LogP contribution in [-0.2, 0) is 21.1 Å². The third-order valence-electron chi connectivity index (χ3n) is 5.90. The molecule has 4 rings (SSSR count). The fourth-order valence-electron chi connectivity index (χ4n) is 4.16. The molecule has 1 aliphatic rings. The van der Waals surface area contributed by atoms with E-state index in [0.717, 1.165) is 17.7 Å². The Balaban J connectivity index is 1.78. The van der Waals surface area contributed by atoms with Crippen molar-refractivity contribution in [2.75, 3.05) is 13.1 Å². The number of nitrogens with zero attached hydrogens (tertiary/aromatic N) is 1.